The van der Waals surface area contributed by atoms with Crippen LogP contribution in [0.1, 0.15) is 105 Å². The predicted molar refractivity (Wildman–Crippen MR) is 224 cm³/mol. The number of anilines is 6. The smallest absolute Gasteiger partial charge is 0.264 e. The van der Waals surface area contributed by atoms with E-state index in [9.17, 15) is 0 Å². The first kappa shape index (κ1) is 32.9. The van der Waals surface area contributed by atoms with Crippen LogP contribution >= 0.6 is 11.3 Å². The van der Waals surface area contributed by atoms with Crippen LogP contribution in [-0.2, 0) is 17.3 Å². The maximum Gasteiger partial charge on any atom is 0.264 e. The first-order valence-electron chi connectivity index (χ1n) is 19.4. The summed E-state index contributed by atoms with van der Waals surface area (Å²) in [6, 6.07) is 28.3. The molecule has 0 saturated heterocycles. The molecule has 0 N–H and O–H groups in total. The summed E-state index contributed by atoms with van der Waals surface area (Å²) in [5, 5.41) is 0. The van der Waals surface area contributed by atoms with Crippen molar-refractivity contribution >= 4 is 74.0 Å². The SMILES string of the molecule is CCCCC1C=Cc2sc3c(c2C1)N(c1ccccc1C)c1cc(C)cc2c1B3c1cc3c(cc1N2c1ccccc1C)C(C)(C)CCC3(C)C. The minimum Gasteiger partial charge on any atom is -0.311 e. The normalized spacial score (nSPS) is 18.9. The van der Waals surface area contributed by atoms with Gasteiger partial charge in [0.1, 0.15) is 0 Å². The van der Waals surface area contributed by atoms with Crippen LogP contribution in [0.2, 0.25) is 0 Å². The Kier molecular flexibility index (Phi) is 7.57. The number of fused-ring (bicyclic) bond motifs is 7. The van der Waals surface area contributed by atoms with Crippen LogP contribution in [0.3, 0.4) is 0 Å². The molecule has 0 amide bonds. The Morgan fingerprint density at radius 1 is 0.745 bits per heavy atom. The van der Waals surface area contributed by atoms with Gasteiger partial charge < -0.3 is 9.80 Å². The summed E-state index contributed by atoms with van der Waals surface area (Å²) in [4.78, 5) is 6.78. The zero-order valence-electron chi connectivity index (χ0n) is 31.8. The summed E-state index contributed by atoms with van der Waals surface area (Å²) in [5.74, 6) is 0.592. The quantitative estimate of drug-likeness (QED) is 0.166. The Bertz CT molecular complexity index is 2250. The van der Waals surface area contributed by atoms with Gasteiger partial charge in [0.15, 0.2) is 0 Å². The Balaban J connectivity index is 1.40. The van der Waals surface area contributed by atoms with Crippen molar-refractivity contribution in [3.8, 4) is 0 Å². The molecular formula is C47H51BN2S. The second-order valence-corrected chi connectivity index (χ2v) is 18.3. The average Bonchev–Trinajstić information content (AvgIpc) is 3.48. The van der Waals surface area contributed by atoms with Crippen LogP contribution in [0.15, 0.2) is 78.9 Å². The molecule has 2 aliphatic carbocycles. The van der Waals surface area contributed by atoms with Crippen LogP contribution in [-0.4, -0.2) is 6.71 Å². The molecule has 258 valence electrons. The zero-order valence-corrected chi connectivity index (χ0v) is 32.6. The minimum atomic E-state index is 0.120. The molecule has 1 aromatic heterocycles. The van der Waals surface area contributed by atoms with Crippen molar-refractivity contribution in [2.45, 2.75) is 105 Å². The van der Waals surface area contributed by atoms with E-state index in [0.717, 1.165) is 6.42 Å². The molecule has 2 aliphatic heterocycles. The molecule has 0 bridgehead atoms. The lowest BCUT2D eigenvalue weighted by Gasteiger charge is -2.47. The molecule has 0 radical (unpaired) electrons. The van der Waals surface area contributed by atoms with Crippen molar-refractivity contribution in [3.05, 3.63) is 117 Å². The fourth-order valence-corrected chi connectivity index (χ4v) is 11.1. The summed E-state index contributed by atoms with van der Waals surface area (Å²) in [6.07, 6.45) is 12.3. The Hall–Kier alpha value is -4.02. The number of aryl methyl sites for hydroxylation is 3. The van der Waals surface area contributed by atoms with E-state index in [1.807, 2.05) is 0 Å². The molecular weight excluding hydrogens is 635 g/mol. The highest BCUT2D eigenvalue weighted by atomic mass is 32.1. The van der Waals surface area contributed by atoms with Crippen molar-refractivity contribution in [1.29, 1.82) is 0 Å². The van der Waals surface area contributed by atoms with Crippen LogP contribution in [0, 0.1) is 26.7 Å². The van der Waals surface area contributed by atoms with Crippen LogP contribution < -0.4 is 25.5 Å². The van der Waals surface area contributed by atoms with Crippen molar-refractivity contribution in [2.24, 2.45) is 5.92 Å². The van der Waals surface area contributed by atoms with Crippen molar-refractivity contribution in [3.63, 3.8) is 0 Å². The second-order valence-electron chi connectivity index (χ2n) is 17.2. The molecule has 5 aromatic rings. The topological polar surface area (TPSA) is 6.48 Å². The van der Waals surface area contributed by atoms with E-state index in [-0.39, 0.29) is 17.5 Å². The number of para-hydroxylation sites is 2. The third kappa shape index (κ3) is 4.96. The number of allylic oxidation sites excluding steroid dienone is 1. The molecule has 0 fully saturated rings. The summed E-state index contributed by atoms with van der Waals surface area (Å²) in [7, 11) is 0. The highest BCUT2D eigenvalue weighted by Crippen LogP contribution is 2.52. The third-order valence-electron chi connectivity index (χ3n) is 12.8. The minimum absolute atomic E-state index is 0.120. The van der Waals surface area contributed by atoms with Gasteiger partial charge in [0.2, 0.25) is 0 Å². The van der Waals surface area contributed by atoms with Crippen molar-refractivity contribution < 1.29 is 0 Å². The van der Waals surface area contributed by atoms with E-state index < -0.39 is 0 Å². The summed E-state index contributed by atoms with van der Waals surface area (Å²) >= 11 is 2.06. The van der Waals surface area contributed by atoms with E-state index in [2.05, 4.69) is 161 Å². The first-order valence-corrected chi connectivity index (χ1v) is 20.2. The first-order chi connectivity index (χ1) is 24.5. The van der Waals surface area contributed by atoms with Crippen LogP contribution in [0.5, 0.6) is 0 Å². The molecule has 0 saturated carbocycles. The van der Waals surface area contributed by atoms with Crippen LogP contribution in [0.25, 0.3) is 6.08 Å². The van der Waals surface area contributed by atoms with Gasteiger partial charge in [0.05, 0.1) is 5.69 Å². The van der Waals surface area contributed by atoms with Gasteiger partial charge in [0.25, 0.3) is 6.71 Å². The number of thiophene rings is 1. The lowest BCUT2D eigenvalue weighted by atomic mass is 9.35. The second kappa shape index (κ2) is 11.8. The summed E-state index contributed by atoms with van der Waals surface area (Å²) < 4.78 is 1.51. The van der Waals surface area contributed by atoms with Gasteiger partial charge in [0, 0.05) is 38.1 Å². The van der Waals surface area contributed by atoms with E-state index in [1.54, 1.807) is 11.1 Å². The fraction of sp³-hybridized carbons (Fsp3) is 0.362. The predicted octanol–water partition coefficient (Wildman–Crippen LogP) is 11.5. The standard InChI is InChI=1S/C47H51BN2S/c1-9-10-17-32-20-21-42-33(26-32)44-45(51-42)48-36-27-34-35(47(7,8)23-22-46(34,5)6)28-39(36)49(37-18-13-11-15-30(37)3)40-24-29(2)25-41(43(40)48)50(44)38-19-14-12-16-31(38)4/h11-16,18-21,24-25,27-28,32H,9-10,17,22-23,26H2,1-8H3. The zero-order chi connectivity index (χ0) is 35.4. The molecule has 4 aliphatic rings. The number of hydrogen-bond acceptors (Lipinski definition) is 3. The van der Waals surface area contributed by atoms with Gasteiger partial charge in [-0.05, 0) is 144 Å². The maximum absolute atomic E-state index is 2.69. The van der Waals surface area contributed by atoms with Gasteiger partial charge in [-0.1, -0.05) is 96.0 Å². The lowest BCUT2D eigenvalue weighted by molar-refractivity contribution is 0.332. The Morgan fingerprint density at radius 3 is 2.00 bits per heavy atom. The average molecular weight is 687 g/mol. The number of rotatable bonds is 5. The molecule has 4 heteroatoms. The highest BCUT2D eigenvalue weighted by Gasteiger charge is 2.48. The van der Waals surface area contributed by atoms with Gasteiger partial charge in [-0.2, -0.15) is 0 Å². The third-order valence-corrected chi connectivity index (χ3v) is 14.0. The molecule has 0 spiro atoms. The van der Waals surface area contributed by atoms with Gasteiger partial charge >= 0.3 is 0 Å². The number of unbranched alkanes of at least 4 members (excludes halogenated alkanes) is 1. The highest BCUT2D eigenvalue weighted by molar-refractivity contribution is 7.29. The van der Waals surface area contributed by atoms with E-state index >= 15 is 0 Å². The summed E-state index contributed by atoms with van der Waals surface area (Å²) in [5.41, 5.74) is 19.8. The lowest BCUT2D eigenvalue weighted by Crippen LogP contribution is -2.61. The van der Waals surface area contributed by atoms with Crippen molar-refractivity contribution in [1.82, 2.24) is 0 Å². The molecule has 2 nitrogen and oxygen atoms in total. The molecule has 9 rings (SSSR count). The van der Waals surface area contributed by atoms with Crippen LogP contribution in [0.4, 0.5) is 34.1 Å². The van der Waals surface area contributed by atoms with Gasteiger partial charge in [-0.25, -0.2) is 0 Å². The van der Waals surface area contributed by atoms with Gasteiger partial charge in [-0.15, -0.1) is 11.3 Å². The molecule has 1 unspecified atom stereocenters. The Morgan fingerprint density at radius 2 is 1.35 bits per heavy atom. The largest absolute Gasteiger partial charge is 0.311 e. The maximum atomic E-state index is 2.69. The number of benzene rings is 4. The molecule has 51 heavy (non-hydrogen) atoms. The fourth-order valence-electron chi connectivity index (χ4n) is 9.77. The monoisotopic (exact) mass is 686 g/mol. The Labute approximate surface area is 310 Å². The van der Waals surface area contributed by atoms with E-state index in [1.165, 1.54) is 109 Å². The van der Waals surface area contributed by atoms with E-state index in [0.29, 0.717) is 5.92 Å². The number of hydrogen-bond donors (Lipinski definition) is 0. The summed E-state index contributed by atoms with van der Waals surface area (Å²) in [6.45, 7) is 19.3. The molecule has 4 aromatic carbocycles. The van der Waals surface area contributed by atoms with E-state index in [4.69, 9.17) is 0 Å². The molecule has 3 heterocycles. The van der Waals surface area contributed by atoms with Gasteiger partial charge in [-0.3, -0.25) is 0 Å². The van der Waals surface area contributed by atoms with Crippen molar-refractivity contribution in [2.75, 3.05) is 9.80 Å². The molecule has 1 atom stereocenters. The number of nitrogens with zero attached hydrogens (tertiary/aromatic N) is 2.